The van der Waals surface area contributed by atoms with Gasteiger partial charge in [-0.25, -0.2) is 9.18 Å². The van der Waals surface area contributed by atoms with Gasteiger partial charge in [0.15, 0.2) is 0 Å². The lowest BCUT2D eigenvalue weighted by Crippen LogP contribution is -2.17. The van der Waals surface area contributed by atoms with Crippen molar-refractivity contribution in [3.05, 3.63) is 58.7 Å². The molecule has 126 valence electrons. The van der Waals surface area contributed by atoms with Gasteiger partial charge in [-0.15, -0.1) is 0 Å². The number of hydrogen-bond donors (Lipinski definition) is 1. The highest BCUT2D eigenvalue weighted by Crippen LogP contribution is 2.28. The molecule has 2 aromatic rings. The number of rotatable bonds is 4. The Bertz CT molecular complexity index is 796. The van der Waals surface area contributed by atoms with Gasteiger partial charge in [0.05, 0.1) is 17.9 Å². The van der Waals surface area contributed by atoms with Crippen molar-refractivity contribution in [2.45, 2.75) is 32.7 Å². The summed E-state index contributed by atoms with van der Waals surface area (Å²) in [6, 6.07) is 6.37. The fraction of sp³-hybridized carbons (Fsp3) is 0.333. The Morgan fingerprint density at radius 3 is 2.96 bits per heavy atom. The minimum atomic E-state index is -0.435. The second kappa shape index (κ2) is 6.86. The van der Waals surface area contributed by atoms with E-state index in [1.54, 1.807) is 19.2 Å². The van der Waals surface area contributed by atoms with Crippen molar-refractivity contribution < 1.29 is 19.1 Å². The van der Waals surface area contributed by atoms with Crippen molar-refractivity contribution in [1.29, 1.82) is 0 Å². The van der Waals surface area contributed by atoms with Crippen molar-refractivity contribution >= 4 is 11.7 Å². The van der Waals surface area contributed by atoms with Gasteiger partial charge in [-0.2, -0.15) is 0 Å². The lowest BCUT2D eigenvalue weighted by molar-refractivity contribution is 0.0526. The number of hydrogen-bond acceptors (Lipinski definition) is 4. The molecule has 1 aromatic heterocycles. The van der Waals surface area contributed by atoms with E-state index in [0.717, 1.165) is 24.1 Å². The Morgan fingerprint density at radius 1 is 1.42 bits per heavy atom. The van der Waals surface area contributed by atoms with Gasteiger partial charge in [0.25, 0.3) is 0 Å². The molecule has 0 unspecified atom stereocenters. The Morgan fingerprint density at radius 2 is 2.25 bits per heavy atom. The number of carbonyl (C=O) groups excluding carboxylic acids is 1. The average molecular weight is 330 g/mol. The van der Waals surface area contributed by atoms with Crippen LogP contribution in [0.5, 0.6) is 0 Å². The molecule has 1 N–H and O–H groups in total. The van der Waals surface area contributed by atoms with Crippen molar-refractivity contribution in [2.75, 3.05) is 6.61 Å². The molecule has 0 saturated heterocycles. The van der Waals surface area contributed by atoms with Crippen molar-refractivity contribution in [1.82, 2.24) is 4.57 Å². The molecule has 0 bridgehead atoms. The van der Waals surface area contributed by atoms with Gasteiger partial charge in [-0.1, -0.05) is 17.3 Å². The van der Waals surface area contributed by atoms with Crippen LogP contribution >= 0.6 is 0 Å². The average Bonchev–Trinajstić information content (AvgIpc) is 2.94. The molecule has 1 aromatic carbocycles. The molecule has 5 nitrogen and oxygen atoms in total. The fourth-order valence-electron chi connectivity index (χ4n) is 3.17. The van der Waals surface area contributed by atoms with Crippen LogP contribution in [0.1, 0.15) is 46.9 Å². The van der Waals surface area contributed by atoms with E-state index in [1.807, 2.05) is 10.6 Å². The maximum atomic E-state index is 13.4. The number of ether oxygens (including phenoxy) is 1. The summed E-state index contributed by atoms with van der Waals surface area (Å²) in [6.45, 7) is 2.46. The summed E-state index contributed by atoms with van der Waals surface area (Å²) in [6.07, 6.45) is 3.93. The lowest BCUT2D eigenvalue weighted by atomic mass is 9.93. The molecule has 6 heteroatoms. The minimum Gasteiger partial charge on any atom is -0.462 e. The van der Waals surface area contributed by atoms with Crippen LogP contribution in [-0.2, 0) is 17.7 Å². The van der Waals surface area contributed by atoms with Gasteiger partial charge in [-0.05, 0) is 43.9 Å². The number of esters is 1. The van der Waals surface area contributed by atoms with Crippen LogP contribution in [0.3, 0.4) is 0 Å². The van der Waals surface area contributed by atoms with E-state index in [-0.39, 0.29) is 12.4 Å². The predicted octanol–water partition coefficient (Wildman–Crippen LogP) is 3.37. The summed E-state index contributed by atoms with van der Waals surface area (Å²) >= 11 is 0. The molecule has 3 rings (SSSR count). The number of fused-ring (bicyclic) bond motifs is 1. The summed E-state index contributed by atoms with van der Waals surface area (Å²) in [5, 5.41) is 12.6. The van der Waals surface area contributed by atoms with Crippen molar-refractivity contribution in [3.63, 3.8) is 0 Å². The molecule has 1 aliphatic carbocycles. The smallest absolute Gasteiger partial charge is 0.340 e. The topological polar surface area (TPSA) is 63.8 Å². The van der Waals surface area contributed by atoms with E-state index in [2.05, 4.69) is 5.16 Å². The van der Waals surface area contributed by atoms with E-state index >= 15 is 0 Å². The number of carbonyl (C=O) groups is 1. The molecule has 0 saturated carbocycles. The quantitative estimate of drug-likeness (QED) is 0.531. The van der Waals surface area contributed by atoms with Gasteiger partial charge in [0.1, 0.15) is 5.82 Å². The van der Waals surface area contributed by atoms with Gasteiger partial charge >= 0.3 is 5.97 Å². The predicted molar refractivity (Wildman–Crippen MR) is 87.2 cm³/mol. The van der Waals surface area contributed by atoms with E-state index in [1.165, 1.54) is 12.1 Å². The Balaban J connectivity index is 2.05. The van der Waals surface area contributed by atoms with Crippen molar-refractivity contribution in [2.24, 2.45) is 5.16 Å². The first kappa shape index (κ1) is 16.2. The standard InChI is InChI=1S/C18H19FN2O3/c1-2-24-18(22)14-11-21(10-12-5-3-6-13(19)9-12)16-8-4-7-15(20-23)17(14)16/h3,5-6,9,11,23H,2,4,7-8,10H2,1H3. The third kappa shape index (κ3) is 3.04. The summed E-state index contributed by atoms with van der Waals surface area (Å²) in [4.78, 5) is 12.3. The number of oxime groups is 1. The maximum Gasteiger partial charge on any atom is 0.340 e. The van der Waals surface area contributed by atoms with E-state index < -0.39 is 5.97 Å². The SMILES string of the molecule is CCOC(=O)c1cn(Cc2cccc(F)c2)c2c1C(=NO)CCC2. The van der Waals surface area contributed by atoms with Crippen molar-refractivity contribution in [3.8, 4) is 0 Å². The molecular weight excluding hydrogens is 311 g/mol. The zero-order valence-electron chi connectivity index (χ0n) is 13.5. The largest absolute Gasteiger partial charge is 0.462 e. The van der Waals surface area contributed by atoms with Gasteiger partial charge in [0, 0.05) is 24.0 Å². The fourth-order valence-corrected chi connectivity index (χ4v) is 3.17. The molecule has 1 heterocycles. The van der Waals surface area contributed by atoms with Crippen LogP contribution < -0.4 is 0 Å². The van der Waals surface area contributed by atoms with Crippen LogP contribution in [-0.4, -0.2) is 28.1 Å². The molecule has 1 aliphatic rings. The maximum absolute atomic E-state index is 13.4. The summed E-state index contributed by atoms with van der Waals surface area (Å²) in [5.41, 5.74) is 3.27. The van der Waals surface area contributed by atoms with Crippen LogP contribution in [0.15, 0.2) is 35.6 Å². The first-order valence-corrected chi connectivity index (χ1v) is 7.99. The monoisotopic (exact) mass is 330 g/mol. The lowest BCUT2D eigenvalue weighted by Gasteiger charge is -2.17. The van der Waals surface area contributed by atoms with Gasteiger partial charge in [0.2, 0.25) is 0 Å². The number of benzene rings is 1. The molecule has 0 radical (unpaired) electrons. The summed E-state index contributed by atoms with van der Waals surface area (Å²) in [5.74, 6) is -0.730. The molecular formula is C18H19FN2O3. The van der Waals surface area contributed by atoms with Crippen LogP contribution in [0.2, 0.25) is 0 Å². The third-order valence-corrected chi connectivity index (χ3v) is 4.16. The highest BCUT2D eigenvalue weighted by Gasteiger charge is 2.28. The normalized spacial score (nSPS) is 15.3. The minimum absolute atomic E-state index is 0.272. The van der Waals surface area contributed by atoms with Gasteiger partial charge < -0.3 is 14.5 Å². The van der Waals surface area contributed by atoms with Crippen LogP contribution in [0, 0.1) is 5.82 Å². The third-order valence-electron chi connectivity index (χ3n) is 4.16. The molecule has 0 amide bonds. The Labute approximate surface area is 139 Å². The van der Waals surface area contributed by atoms with Crippen LogP contribution in [0.25, 0.3) is 0 Å². The molecule has 0 spiro atoms. The number of nitrogens with zero attached hydrogens (tertiary/aromatic N) is 2. The Kier molecular flexibility index (Phi) is 4.64. The molecule has 24 heavy (non-hydrogen) atoms. The number of aromatic nitrogens is 1. The summed E-state index contributed by atoms with van der Waals surface area (Å²) < 4.78 is 20.5. The second-order valence-corrected chi connectivity index (χ2v) is 5.74. The first-order chi connectivity index (χ1) is 11.6. The highest BCUT2D eigenvalue weighted by atomic mass is 19.1. The first-order valence-electron chi connectivity index (χ1n) is 7.99. The summed E-state index contributed by atoms with van der Waals surface area (Å²) in [7, 11) is 0. The Hall–Kier alpha value is -2.63. The number of halogens is 1. The zero-order valence-corrected chi connectivity index (χ0v) is 13.5. The van der Waals surface area contributed by atoms with E-state index in [9.17, 15) is 14.4 Å². The highest BCUT2D eigenvalue weighted by molar-refractivity contribution is 6.10. The van der Waals surface area contributed by atoms with Crippen LogP contribution in [0.4, 0.5) is 4.39 Å². The van der Waals surface area contributed by atoms with E-state index in [0.29, 0.717) is 29.8 Å². The molecule has 0 aliphatic heterocycles. The second-order valence-electron chi connectivity index (χ2n) is 5.74. The molecule has 0 atom stereocenters. The van der Waals surface area contributed by atoms with Gasteiger partial charge in [-0.3, -0.25) is 0 Å². The van der Waals surface area contributed by atoms with E-state index in [4.69, 9.17) is 4.74 Å². The molecule has 0 fully saturated rings. The zero-order chi connectivity index (χ0) is 17.1.